The summed E-state index contributed by atoms with van der Waals surface area (Å²) in [4.78, 5) is 30.8. The zero-order valence-corrected chi connectivity index (χ0v) is 20.1. The molecule has 2 aromatic heterocycles. The average Bonchev–Trinajstić information content (AvgIpc) is 3.44. The molecule has 0 atom stereocenters. The molecule has 1 aliphatic heterocycles. The molecule has 0 aliphatic carbocycles. The van der Waals surface area contributed by atoms with Gasteiger partial charge in [-0.3, -0.25) is 14.7 Å². The third-order valence-corrected chi connectivity index (χ3v) is 8.05. The molecule has 1 aliphatic rings. The summed E-state index contributed by atoms with van der Waals surface area (Å²) in [6, 6.07) is 4.62. The number of carbonyl (C=O) groups excluding carboxylic acids is 1. The zero-order chi connectivity index (χ0) is 23.9. The van der Waals surface area contributed by atoms with Crippen LogP contribution in [0.2, 0.25) is 0 Å². The van der Waals surface area contributed by atoms with E-state index < -0.39 is 10.0 Å². The summed E-state index contributed by atoms with van der Waals surface area (Å²) < 4.78 is 27.9. The summed E-state index contributed by atoms with van der Waals surface area (Å²) in [6.07, 6.45) is 3.17. The van der Waals surface area contributed by atoms with Crippen molar-refractivity contribution < 1.29 is 13.2 Å². The molecule has 0 unspecified atom stereocenters. The van der Waals surface area contributed by atoms with E-state index >= 15 is 0 Å². The summed E-state index contributed by atoms with van der Waals surface area (Å²) in [5, 5.41) is 7.38. The van der Waals surface area contributed by atoms with Gasteiger partial charge < -0.3 is 9.88 Å². The highest BCUT2D eigenvalue weighted by molar-refractivity contribution is 7.89. The third kappa shape index (κ3) is 4.32. The van der Waals surface area contributed by atoms with Gasteiger partial charge in [-0.1, -0.05) is 0 Å². The van der Waals surface area contributed by atoms with Crippen molar-refractivity contribution in [1.29, 1.82) is 0 Å². The maximum absolute atomic E-state index is 13.8. The number of carbonyl (C=O) groups is 1. The van der Waals surface area contributed by atoms with Crippen molar-refractivity contribution in [3.63, 3.8) is 0 Å². The lowest BCUT2D eigenvalue weighted by molar-refractivity contribution is 0.0691. The van der Waals surface area contributed by atoms with Gasteiger partial charge in [-0.25, -0.2) is 8.42 Å². The topological polar surface area (TPSA) is 119 Å². The van der Waals surface area contributed by atoms with Gasteiger partial charge in [0.2, 0.25) is 10.0 Å². The minimum Gasteiger partial charge on any atom is -0.332 e. The number of benzene rings is 1. The number of nitrogens with one attached hydrogen (secondary N) is 2. The standard InChI is InChI=1S/C23H29N5O4S/c1-14(2)28(13-20-15(3)9-16(4)25-22(20)29)23(30)18-10-17(11-21-19(18)12-24-26-21)33(31,32)27-7-5-6-8-27/h9-12,14H,5-8,13H2,1-4H3,(H,24,26)(H,25,29). The smallest absolute Gasteiger partial charge is 0.255 e. The number of nitrogens with zero attached hydrogens (tertiary/aromatic N) is 3. The molecular weight excluding hydrogens is 442 g/mol. The van der Waals surface area contributed by atoms with E-state index in [0.717, 1.165) is 24.1 Å². The Kier molecular flexibility index (Phi) is 6.15. The Morgan fingerprint density at radius 3 is 2.52 bits per heavy atom. The minimum absolute atomic E-state index is 0.0672. The highest BCUT2D eigenvalue weighted by atomic mass is 32.2. The normalized spacial score (nSPS) is 14.9. The molecule has 9 nitrogen and oxygen atoms in total. The van der Waals surface area contributed by atoms with Crippen LogP contribution in [-0.4, -0.2) is 57.8 Å². The van der Waals surface area contributed by atoms with E-state index in [1.54, 1.807) is 4.90 Å². The first-order valence-electron chi connectivity index (χ1n) is 11.1. The number of hydrogen-bond donors (Lipinski definition) is 2. The molecule has 3 heterocycles. The Morgan fingerprint density at radius 1 is 1.18 bits per heavy atom. The van der Waals surface area contributed by atoms with E-state index in [4.69, 9.17) is 0 Å². The Hall–Kier alpha value is -2.98. The van der Waals surface area contributed by atoms with Crippen LogP contribution in [0.5, 0.6) is 0 Å². The van der Waals surface area contributed by atoms with Crippen LogP contribution in [0.1, 0.15) is 53.9 Å². The summed E-state index contributed by atoms with van der Waals surface area (Å²) in [6.45, 7) is 8.45. The Bertz CT molecular complexity index is 1370. The largest absolute Gasteiger partial charge is 0.332 e. The molecule has 176 valence electrons. The van der Waals surface area contributed by atoms with E-state index in [9.17, 15) is 18.0 Å². The number of H-pyrrole nitrogens is 2. The van der Waals surface area contributed by atoms with Crippen LogP contribution in [0.3, 0.4) is 0 Å². The average molecular weight is 472 g/mol. The van der Waals surface area contributed by atoms with Crippen LogP contribution in [-0.2, 0) is 16.6 Å². The first-order valence-corrected chi connectivity index (χ1v) is 12.5. The number of pyridine rings is 1. The summed E-state index contributed by atoms with van der Waals surface area (Å²) in [7, 11) is -3.73. The number of aromatic amines is 2. The van der Waals surface area contributed by atoms with Gasteiger partial charge in [0.05, 0.1) is 28.7 Å². The third-order valence-electron chi connectivity index (χ3n) is 6.17. The molecule has 0 saturated carbocycles. The Morgan fingerprint density at radius 2 is 1.88 bits per heavy atom. The van der Waals surface area contributed by atoms with Gasteiger partial charge in [0.15, 0.2) is 0 Å². The van der Waals surface area contributed by atoms with Crippen molar-refractivity contribution in [2.24, 2.45) is 0 Å². The number of hydrogen-bond acceptors (Lipinski definition) is 5. The van der Waals surface area contributed by atoms with Gasteiger partial charge in [-0.15, -0.1) is 0 Å². The van der Waals surface area contributed by atoms with Crippen molar-refractivity contribution in [3.05, 3.63) is 57.1 Å². The van der Waals surface area contributed by atoms with Crippen molar-refractivity contribution in [1.82, 2.24) is 24.4 Å². The molecule has 4 rings (SSSR count). The second-order valence-electron chi connectivity index (χ2n) is 8.88. The number of amides is 1. The zero-order valence-electron chi connectivity index (χ0n) is 19.3. The quantitative estimate of drug-likeness (QED) is 0.573. The number of sulfonamides is 1. The fourth-order valence-corrected chi connectivity index (χ4v) is 5.89. The molecule has 3 aromatic rings. The molecule has 2 N–H and O–H groups in total. The van der Waals surface area contributed by atoms with Crippen molar-refractivity contribution in [2.45, 2.75) is 58.0 Å². The Balaban J connectivity index is 1.79. The predicted octanol–water partition coefficient (Wildman–Crippen LogP) is 2.70. The molecule has 0 radical (unpaired) electrons. The van der Waals surface area contributed by atoms with Gasteiger partial charge in [-0.2, -0.15) is 9.40 Å². The fraction of sp³-hybridized carbons (Fsp3) is 0.435. The molecule has 1 aromatic carbocycles. The monoisotopic (exact) mass is 471 g/mol. The Labute approximate surface area is 192 Å². The second-order valence-corrected chi connectivity index (χ2v) is 10.8. The van der Waals surface area contributed by atoms with Crippen LogP contribution >= 0.6 is 0 Å². The number of fused-ring (bicyclic) bond motifs is 1. The van der Waals surface area contributed by atoms with E-state index in [1.165, 1.54) is 22.6 Å². The van der Waals surface area contributed by atoms with Crippen LogP contribution in [0.25, 0.3) is 10.9 Å². The minimum atomic E-state index is -3.73. The van der Waals surface area contributed by atoms with E-state index in [1.807, 2.05) is 33.8 Å². The first kappa shape index (κ1) is 23.2. The highest BCUT2D eigenvalue weighted by Gasteiger charge is 2.30. The molecule has 1 saturated heterocycles. The molecule has 0 spiro atoms. The lowest BCUT2D eigenvalue weighted by atomic mass is 10.1. The van der Waals surface area contributed by atoms with Crippen LogP contribution in [0.4, 0.5) is 0 Å². The van der Waals surface area contributed by atoms with Gasteiger partial charge in [0.1, 0.15) is 0 Å². The highest BCUT2D eigenvalue weighted by Crippen LogP contribution is 2.28. The van der Waals surface area contributed by atoms with Crippen LogP contribution < -0.4 is 5.56 Å². The SMILES string of the molecule is Cc1cc(C)c(CN(C(=O)c2cc(S(=O)(=O)N3CCCC3)cc3[nH]ncc23)C(C)C)c(=O)[nH]1. The number of rotatable bonds is 6. The van der Waals surface area contributed by atoms with Gasteiger partial charge in [-0.05, 0) is 64.3 Å². The van der Waals surface area contributed by atoms with E-state index in [-0.39, 0.29) is 34.5 Å². The molecular formula is C23H29N5O4S. The van der Waals surface area contributed by atoms with E-state index in [2.05, 4.69) is 15.2 Å². The van der Waals surface area contributed by atoms with Gasteiger partial charge >= 0.3 is 0 Å². The first-order chi connectivity index (χ1) is 15.6. The van der Waals surface area contributed by atoms with Crippen LogP contribution in [0.15, 0.2) is 34.1 Å². The number of aromatic nitrogens is 3. The predicted molar refractivity (Wildman–Crippen MR) is 126 cm³/mol. The molecule has 10 heteroatoms. The van der Waals surface area contributed by atoms with Crippen molar-refractivity contribution >= 4 is 26.8 Å². The molecule has 33 heavy (non-hydrogen) atoms. The molecule has 0 bridgehead atoms. The summed E-state index contributed by atoms with van der Waals surface area (Å²) >= 11 is 0. The molecule has 1 amide bonds. The maximum atomic E-state index is 13.8. The van der Waals surface area contributed by atoms with Crippen molar-refractivity contribution in [3.8, 4) is 0 Å². The number of aryl methyl sites for hydroxylation is 2. The fourth-order valence-electron chi connectivity index (χ4n) is 4.32. The second kappa shape index (κ2) is 8.75. The summed E-state index contributed by atoms with van der Waals surface area (Å²) in [5.41, 5.74) is 2.55. The summed E-state index contributed by atoms with van der Waals surface area (Å²) in [5.74, 6) is -0.353. The lowest BCUT2D eigenvalue weighted by Crippen LogP contribution is -2.38. The van der Waals surface area contributed by atoms with Crippen LogP contribution in [0, 0.1) is 13.8 Å². The lowest BCUT2D eigenvalue weighted by Gasteiger charge is -2.28. The molecule has 1 fully saturated rings. The maximum Gasteiger partial charge on any atom is 0.255 e. The van der Waals surface area contributed by atoms with Crippen molar-refractivity contribution in [2.75, 3.05) is 13.1 Å². The van der Waals surface area contributed by atoms with E-state index in [0.29, 0.717) is 29.6 Å². The van der Waals surface area contributed by atoms with Gasteiger partial charge in [0.25, 0.3) is 11.5 Å². The van der Waals surface area contributed by atoms with Gasteiger partial charge in [0, 0.05) is 35.8 Å².